The van der Waals surface area contributed by atoms with E-state index in [2.05, 4.69) is 24.3 Å². The zero-order valence-corrected chi connectivity index (χ0v) is 7.31. The Morgan fingerprint density at radius 3 is 2.36 bits per heavy atom. The predicted octanol–water partition coefficient (Wildman–Crippen LogP) is 1.13. The Labute approximate surface area is 69.1 Å². The molecule has 11 heavy (non-hydrogen) atoms. The fourth-order valence-corrected chi connectivity index (χ4v) is 0.511. The largest absolute Gasteiger partial charge is 0.286 e. The van der Waals surface area contributed by atoms with Crippen molar-refractivity contribution in [1.82, 2.24) is 4.90 Å². The second-order valence-corrected chi connectivity index (χ2v) is 2.58. The highest BCUT2D eigenvalue weighted by atomic mass is 15.1. The highest BCUT2D eigenvalue weighted by Gasteiger charge is 2.00. The summed E-state index contributed by atoms with van der Waals surface area (Å²) >= 11 is 0. The van der Waals surface area contributed by atoms with Gasteiger partial charge in [-0.05, 0) is 26.6 Å². The van der Waals surface area contributed by atoms with Crippen LogP contribution in [0.2, 0.25) is 0 Å². The van der Waals surface area contributed by atoms with E-state index in [1.165, 1.54) is 0 Å². The van der Waals surface area contributed by atoms with Crippen LogP contribution in [0.25, 0.3) is 0 Å². The van der Waals surface area contributed by atoms with Crippen molar-refractivity contribution in [3.63, 3.8) is 0 Å². The minimum atomic E-state index is -0.105. The molecule has 0 aliphatic carbocycles. The van der Waals surface area contributed by atoms with Gasteiger partial charge in [0.05, 0.1) is 0 Å². The maximum atomic E-state index is 5.24. The fraction of sp³-hybridized carbons (Fsp3) is 0.400. The number of hydrogen-bond acceptors (Lipinski definition) is 1. The topological polar surface area (TPSA) is 3.24 Å². The summed E-state index contributed by atoms with van der Waals surface area (Å²) in [5.41, 5.74) is 0.840. The lowest BCUT2D eigenvalue weighted by atomic mass is 10.2. The Hall–Kier alpha value is -1.18. The normalized spacial score (nSPS) is 11.2. The molecule has 0 rings (SSSR count). The summed E-state index contributed by atoms with van der Waals surface area (Å²) in [5.74, 6) is 8.33. The Kier molecular flexibility index (Phi) is 4.11. The van der Waals surface area contributed by atoms with Crippen molar-refractivity contribution in [2.24, 2.45) is 0 Å². The van der Waals surface area contributed by atoms with Gasteiger partial charge in [-0.1, -0.05) is 24.3 Å². The van der Waals surface area contributed by atoms with Crippen LogP contribution in [-0.2, 0) is 0 Å². The van der Waals surface area contributed by atoms with Crippen LogP contribution >= 0.6 is 0 Å². The minimum Gasteiger partial charge on any atom is -0.286 e. The minimum absolute atomic E-state index is 0.105. The Morgan fingerprint density at radius 2 is 2.09 bits per heavy atom. The first-order valence-electron chi connectivity index (χ1n) is 3.37. The molecule has 0 aromatic rings. The third kappa shape index (κ3) is 4.25. The highest BCUT2D eigenvalue weighted by Crippen LogP contribution is 1.89. The van der Waals surface area contributed by atoms with Gasteiger partial charge in [-0.2, -0.15) is 0 Å². The molecule has 0 radical (unpaired) electrons. The van der Waals surface area contributed by atoms with Crippen LogP contribution in [0.15, 0.2) is 12.2 Å². The van der Waals surface area contributed by atoms with Gasteiger partial charge in [0.15, 0.2) is 0 Å². The number of allylic oxidation sites excluding steroid dienone is 1. The molecule has 0 saturated heterocycles. The first kappa shape index (κ1) is 9.82. The van der Waals surface area contributed by atoms with Gasteiger partial charge in [0, 0.05) is 0 Å². The summed E-state index contributed by atoms with van der Waals surface area (Å²) in [7, 11) is 3.80. The van der Waals surface area contributed by atoms with Crippen LogP contribution < -0.4 is 0 Å². The third-order valence-electron chi connectivity index (χ3n) is 1.10. The lowest BCUT2D eigenvalue weighted by Gasteiger charge is -2.11. The second kappa shape index (κ2) is 4.61. The Morgan fingerprint density at radius 1 is 1.55 bits per heavy atom. The summed E-state index contributed by atoms with van der Waals surface area (Å²) < 4.78 is 0. The molecule has 0 spiro atoms. The molecule has 1 atom stereocenters. The molecule has 0 aromatic heterocycles. The molecule has 0 amide bonds. The van der Waals surface area contributed by atoms with Gasteiger partial charge in [0.2, 0.25) is 0 Å². The van der Waals surface area contributed by atoms with E-state index >= 15 is 0 Å². The van der Waals surface area contributed by atoms with E-state index < -0.39 is 0 Å². The summed E-state index contributed by atoms with van der Waals surface area (Å²) in [5, 5.41) is 0. The summed E-state index contributed by atoms with van der Waals surface area (Å²) in [6.07, 6.45) is 5.24. The van der Waals surface area contributed by atoms with Crippen LogP contribution in [0.3, 0.4) is 0 Å². The van der Waals surface area contributed by atoms with Crippen molar-refractivity contribution in [1.29, 1.82) is 0 Å². The molecular formula is C10H13N. The van der Waals surface area contributed by atoms with Crippen LogP contribution in [0.4, 0.5) is 0 Å². The molecular weight excluding hydrogens is 134 g/mol. The summed E-state index contributed by atoms with van der Waals surface area (Å²) in [6.45, 7) is 5.52. The predicted molar refractivity (Wildman–Crippen MR) is 48.9 cm³/mol. The van der Waals surface area contributed by atoms with Gasteiger partial charge in [-0.15, -0.1) is 6.42 Å². The van der Waals surface area contributed by atoms with Gasteiger partial charge < -0.3 is 0 Å². The van der Waals surface area contributed by atoms with E-state index in [0.29, 0.717) is 0 Å². The quantitative estimate of drug-likeness (QED) is 0.502. The molecule has 0 aliphatic heterocycles. The first-order valence-corrected chi connectivity index (χ1v) is 3.37. The third-order valence-corrected chi connectivity index (χ3v) is 1.10. The molecule has 1 nitrogen and oxygen atoms in total. The van der Waals surface area contributed by atoms with E-state index in [1.54, 1.807) is 0 Å². The van der Waals surface area contributed by atoms with Gasteiger partial charge >= 0.3 is 0 Å². The molecule has 0 heterocycles. The molecule has 0 aliphatic rings. The second-order valence-electron chi connectivity index (χ2n) is 2.58. The van der Waals surface area contributed by atoms with Crippen LogP contribution in [0.5, 0.6) is 0 Å². The molecule has 1 unspecified atom stereocenters. The van der Waals surface area contributed by atoms with E-state index in [1.807, 2.05) is 25.9 Å². The molecule has 1 heteroatoms. The molecule has 0 bridgehead atoms. The maximum absolute atomic E-state index is 5.24. The van der Waals surface area contributed by atoms with Gasteiger partial charge in [-0.3, -0.25) is 4.90 Å². The first-order chi connectivity index (χ1) is 5.07. The molecule has 0 saturated carbocycles. The lowest BCUT2D eigenvalue weighted by Crippen LogP contribution is -2.24. The fourth-order valence-electron chi connectivity index (χ4n) is 0.511. The zero-order valence-electron chi connectivity index (χ0n) is 7.31. The maximum Gasteiger partial charge on any atom is 0.133 e. The Balaban J connectivity index is 4.26. The summed E-state index contributed by atoms with van der Waals surface area (Å²) in [4.78, 5) is 1.88. The van der Waals surface area contributed by atoms with E-state index in [9.17, 15) is 0 Å². The van der Waals surface area contributed by atoms with Crippen LogP contribution in [0.1, 0.15) is 6.92 Å². The van der Waals surface area contributed by atoms with E-state index in [4.69, 9.17) is 6.42 Å². The van der Waals surface area contributed by atoms with Gasteiger partial charge in [0.25, 0.3) is 0 Å². The highest BCUT2D eigenvalue weighted by molar-refractivity contribution is 5.29. The van der Waals surface area contributed by atoms with Crippen molar-refractivity contribution < 1.29 is 0 Å². The van der Waals surface area contributed by atoms with E-state index in [-0.39, 0.29) is 6.04 Å². The Bertz CT molecular complexity index is 232. The van der Waals surface area contributed by atoms with Crippen molar-refractivity contribution in [3.8, 4) is 24.2 Å². The summed E-state index contributed by atoms with van der Waals surface area (Å²) in [6, 6.07) is -0.105. The van der Waals surface area contributed by atoms with Crippen LogP contribution in [-0.4, -0.2) is 25.0 Å². The van der Waals surface area contributed by atoms with Crippen molar-refractivity contribution in [2.45, 2.75) is 13.0 Å². The van der Waals surface area contributed by atoms with Gasteiger partial charge in [0.1, 0.15) is 6.04 Å². The average Bonchev–Trinajstić information content (AvgIpc) is 1.87. The van der Waals surface area contributed by atoms with Crippen molar-refractivity contribution in [2.75, 3.05) is 14.1 Å². The smallest absolute Gasteiger partial charge is 0.133 e. The SMILES string of the molecule is C#CC(C#CC(=C)C)N(C)C. The monoisotopic (exact) mass is 147 g/mol. The number of hydrogen-bond donors (Lipinski definition) is 0. The number of terminal acetylenes is 1. The molecule has 0 N–H and O–H groups in total. The van der Waals surface area contributed by atoms with E-state index in [0.717, 1.165) is 5.57 Å². The molecule has 58 valence electrons. The van der Waals surface area contributed by atoms with Crippen molar-refractivity contribution >= 4 is 0 Å². The number of rotatable bonds is 1. The average molecular weight is 147 g/mol. The zero-order chi connectivity index (χ0) is 8.85. The standard InChI is InChI=1S/C10H13N/c1-6-10(11(4)5)8-7-9(2)3/h1,10H,2H2,3-5H3. The molecule has 0 fully saturated rings. The number of nitrogens with zero attached hydrogens (tertiary/aromatic N) is 1. The van der Waals surface area contributed by atoms with Crippen LogP contribution in [0, 0.1) is 24.2 Å². The van der Waals surface area contributed by atoms with Crippen molar-refractivity contribution in [3.05, 3.63) is 12.2 Å². The van der Waals surface area contributed by atoms with Gasteiger partial charge in [-0.25, -0.2) is 0 Å². The molecule has 0 aromatic carbocycles. The lowest BCUT2D eigenvalue weighted by molar-refractivity contribution is 0.409.